The predicted octanol–water partition coefficient (Wildman–Crippen LogP) is 8.74. The van der Waals surface area contributed by atoms with Gasteiger partial charge in [0.15, 0.2) is 0 Å². The molecule has 2 N–H and O–H groups in total. The van der Waals surface area contributed by atoms with Gasteiger partial charge in [0.1, 0.15) is 0 Å². The van der Waals surface area contributed by atoms with Gasteiger partial charge in [-0.25, -0.2) is 0 Å². The van der Waals surface area contributed by atoms with Crippen LogP contribution in [0.5, 0.6) is 0 Å². The minimum Gasteiger partial charge on any atom is -0.393 e. The second-order valence-electron chi connectivity index (χ2n) is 19.2. The molecule has 48 heavy (non-hydrogen) atoms. The second-order valence-corrected chi connectivity index (χ2v) is 19.6. The fourth-order valence-electron chi connectivity index (χ4n) is 13.0. The standard InChI is InChI=1S/C42H64ClN3O2/c1-37(2)33-14-17-42(7)34(40(33,5)16-15-35(37)47)13-12-29-30-28-39(4,19-18-38(30,3)20-21-41(29,42)6)36(48)44-22-23-45-24-26-46(27-25-45)32-11-9-8-10-31(32)43/h8-12,30,33-35,47H,13-28H2,1-7H3,(H,44,48)/t30-,33?,34+,35-,38+,39?,40-,41+,42+/m0/s1. The number of aliphatic hydroxyl groups is 1. The van der Waals surface area contributed by atoms with E-state index in [-0.39, 0.29) is 44.5 Å². The van der Waals surface area contributed by atoms with Gasteiger partial charge in [0.2, 0.25) is 5.91 Å². The fraction of sp³-hybridized carbons (Fsp3) is 0.786. The van der Waals surface area contributed by atoms with Crippen molar-refractivity contribution >= 4 is 23.2 Å². The highest BCUT2D eigenvalue weighted by Gasteiger charge is 2.68. The number of hydrogen-bond donors (Lipinski definition) is 2. The lowest BCUT2D eigenvalue weighted by Crippen LogP contribution is -2.64. The summed E-state index contributed by atoms with van der Waals surface area (Å²) in [5, 5.41) is 15.3. The van der Waals surface area contributed by atoms with Gasteiger partial charge < -0.3 is 15.3 Å². The number of halogens is 1. The first-order chi connectivity index (χ1) is 22.6. The minimum absolute atomic E-state index is 0.0201. The van der Waals surface area contributed by atoms with Gasteiger partial charge >= 0.3 is 0 Å². The third kappa shape index (κ3) is 5.25. The molecule has 1 aliphatic heterocycles. The first kappa shape index (κ1) is 34.9. The Kier molecular flexibility index (Phi) is 8.72. The normalized spacial score (nSPS) is 44.0. The van der Waals surface area contributed by atoms with Crippen molar-refractivity contribution < 1.29 is 9.90 Å². The highest BCUT2D eigenvalue weighted by molar-refractivity contribution is 6.33. The van der Waals surface area contributed by atoms with Gasteiger partial charge in [-0.2, -0.15) is 0 Å². The maximum atomic E-state index is 14.0. The Hall–Kier alpha value is -1.56. The van der Waals surface area contributed by atoms with Crippen molar-refractivity contribution in [3.63, 3.8) is 0 Å². The maximum Gasteiger partial charge on any atom is 0.226 e. The lowest BCUT2D eigenvalue weighted by molar-refractivity contribution is -0.203. The quantitative estimate of drug-likeness (QED) is 0.306. The second kappa shape index (κ2) is 12.0. The number of fused-ring (bicyclic) bond motifs is 7. The molecular weight excluding hydrogens is 614 g/mol. The van der Waals surface area contributed by atoms with Crippen LogP contribution in [0, 0.1) is 50.2 Å². The topological polar surface area (TPSA) is 55.8 Å². The smallest absolute Gasteiger partial charge is 0.226 e. The molecule has 0 bridgehead atoms. The number of carbonyl (C=O) groups excluding carboxylic acids is 1. The van der Waals surface area contributed by atoms with Crippen molar-refractivity contribution in [2.45, 2.75) is 119 Å². The molecule has 4 saturated carbocycles. The zero-order valence-corrected chi connectivity index (χ0v) is 31.9. The molecule has 0 spiro atoms. The molecule has 0 radical (unpaired) electrons. The summed E-state index contributed by atoms with van der Waals surface area (Å²) in [5.41, 5.74) is 3.48. The average Bonchev–Trinajstić information content (AvgIpc) is 3.05. The highest BCUT2D eigenvalue weighted by atomic mass is 35.5. The van der Waals surface area contributed by atoms with E-state index in [0.29, 0.717) is 24.3 Å². The van der Waals surface area contributed by atoms with Crippen LogP contribution in [-0.4, -0.2) is 61.3 Å². The first-order valence-corrected chi connectivity index (χ1v) is 19.8. The van der Waals surface area contributed by atoms with E-state index in [1.807, 2.05) is 12.1 Å². The molecule has 7 rings (SSSR count). The summed E-state index contributed by atoms with van der Waals surface area (Å²) >= 11 is 6.46. The number of nitrogens with one attached hydrogen (secondary N) is 1. The Bertz CT molecular complexity index is 1440. The van der Waals surface area contributed by atoms with E-state index in [1.165, 1.54) is 32.1 Å². The van der Waals surface area contributed by atoms with E-state index in [1.54, 1.807) is 5.57 Å². The molecule has 1 aromatic rings. The maximum absolute atomic E-state index is 14.0. The van der Waals surface area contributed by atoms with Crippen molar-refractivity contribution in [1.29, 1.82) is 0 Å². The number of amides is 1. The summed E-state index contributed by atoms with van der Waals surface area (Å²) in [7, 11) is 0. The van der Waals surface area contributed by atoms with E-state index < -0.39 is 0 Å². The summed E-state index contributed by atoms with van der Waals surface area (Å²) in [6, 6.07) is 8.13. The number of hydrogen-bond acceptors (Lipinski definition) is 4. The van der Waals surface area contributed by atoms with Crippen molar-refractivity contribution in [2.24, 2.45) is 50.2 Å². The van der Waals surface area contributed by atoms with E-state index in [9.17, 15) is 9.90 Å². The van der Waals surface area contributed by atoms with Crippen LogP contribution in [-0.2, 0) is 4.79 Å². The first-order valence-electron chi connectivity index (χ1n) is 19.5. The monoisotopic (exact) mass is 677 g/mol. The molecule has 6 heteroatoms. The number of anilines is 1. The summed E-state index contributed by atoms with van der Waals surface area (Å²) in [4.78, 5) is 18.9. The van der Waals surface area contributed by atoms with Crippen LogP contribution < -0.4 is 10.2 Å². The summed E-state index contributed by atoms with van der Waals surface area (Å²) in [5.74, 6) is 1.97. The molecule has 266 valence electrons. The number of piperazine rings is 1. The Labute approximate surface area is 296 Å². The molecule has 1 saturated heterocycles. The van der Waals surface area contributed by atoms with Crippen LogP contribution in [0.2, 0.25) is 5.02 Å². The molecule has 5 nitrogen and oxygen atoms in total. The van der Waals surface area contributed by atoms with Gasteiger partial charge in [-0.15, -0.1) is 0 Å². The largest absolute Gasteiger partial charge is 0.393 e. The summed E-state index contributed by atoms with van der Waals surface area (Å²) in [6.07, 6.45) is 13.9. The van der Waals surface area contributed by atoms with Gasteiger partial charge in [0.05, 0.1) is 16.8 Å². The van der Waals surface area contributed by atoms with Crippen molar-refractivity contribution in [3.05, 3.63) is 40.9 Å². The predicted molar refractivity (Wildman–Crippen MR) is 198 cm³/mol. The molecule has 1 aromatic carbocycles. The molecule has 1 amide bonds. The SMILES string of the molecule is CC1(C(=O)NCCN2CCN(c3ccccc3Cl)CC2)CC[C@]2(C)CC[C@]3(C)C(=CC[C@@H]4[C@@]5(C)CC[C@H](O)C(C)(C)C5CC[C@]43C)[C@@H]2C1. The van der Waals surface area contributed by atoms with Crippen LogP contribution >= 0.6 is 11.6 Å². The van der Waals surface area contributed by atoms with Crippen molar-refractivity contribution in [1.82, 2.24) is 10.2 Å². The van der Waals surface area contributed by atoms with Gasteiger partial charge in [0.25, 0.3) is 0 Å². The van der Waals surface area contributed by atoms with E-state index >= 15 is 0 Å². The molecule has 6 aliphatic rings. The number of para-hydroxylation sites is 1. The van der Waals surface area contributed by atoms with E-state index in [2.05, 4.69) is 81.8 Å². The molecule has 5 aliphatic carbocycles. The van der Waals surface area contributed by atoms with Crippen LogP contribution in [0.1, 0.15) is 113 Å². The average molecular weight is 678 g/mol. The molecule has 1 heterocycles. The number of aliphatic hydroxyl groups excluding tert-OH is 1. The molecule has 2 unspecified atom stereocenters. The summed E-state index contributed by atoms with van der Waals surface area (Å²) < 4.78 is 0. The van der Waals surface area contributed by atoms with Gasteiger partial charge in [0, 0.05) is 44.7 Å². The number of benzene rings is 1. The van der Waals surface area contributed by atoms with Gasteiger partial charge in [-0.05, 0) is 121 Å². The van der Waals surface area contributed by atoms with Crippen LogP contribution in [0.3, 0.4) is 0 Å². The number of rotatable bonds is 5. The lowest BCUT2D eigenvalue weighted by atomic mass is 9.33. The van der Waals surface area contributed by atoms with Crippen LogP contribution in [0.25, 0.3) is 0 Å². The Morgan fingerprint density at radius 2 is 1.60 bits per heavy atom. The Morgan fingerprint density at radius 1 is 0.896 bits per heavy atom. The van der Waals surface area contributed by atoms with Gasteiger partial charge in [-0.3, -0.25) is 9.69 Å². The third-order valence-corrected chi connectivity index (χ3v) is 17.0. The fourth-order valence-corrected chi connectivity index (χ4v) is 13.3. The Balaban J connectivity index is 1.03. The lowest BCUT2D eigenvalue weighted by Gasteiger charge is -2.71. The van der Waals surface area contributed by atoms with Gasteiger partial charge in [-0.1, -0.05) is 83.8 Å². The van der Waals surface area contributed by atoms with Crippen LogP contribution in [0.4, 0.5) is 5.69 Å². The zero-order chi connectivity index (χ0) is 34.3. The number of carbonyl (C=O) groups is 1. The Morgan fingerprint density at radius 3 is 2.33 bits per heavy atom. The summed E-state index contributed by atoms with van der Waals surface area (Å²) in [6.45, 7) is 22.9. The third-order valence-electron chi connectivity index (χ3n) is 16.6. The molecule has 0 aromatic heterocycles. The van der Waals surface area contributed by atoms with Crippen molar-refractivity contribution in [3.8, 4) is 0 Å². The van der Waals surface area contributed by atoms with Crippen molar-refractivity contribution in [2.75, 3.05) is 44.2 Å². The van der Waals surface area contributed by atoms with E-state index in [4.69, 9.17) is 11.6 Å². The molecule has 9 atom stereocenters. The highest BCUT2D eigenvalue weighted by Crippen LogP contribution is 2.75. The molecule has 5 fully saturated rings. The van der Waals surface area contributed by atoms with E-state index in [0.717, 1.165) is 75.5 Å². The number of nitrogens with zero attached hydrogens (tertiary/aromatic N) is 2. The van der Waals surface area contributed by atoms with Crippen LogP contribution in [0.15, 0.2) is 35.9 Å². The minimum atomic E-state index is -0.322. The number of allylic oxidation sites excluding steroid dienone is 2. The molecular formula is C42H64ClN3O2. The zero-order valence-electron chi connectivity index (χ0n) is 31.1.